The largest absolute Gasteiger partial charge is 0.503 e. The monoisotopic (exact) mass is 448 g/mol. The van der Waals surface area contributed by atoms with E-state index in [1.165, 1.54) is 18.4 Å². The molecule has 172 valence electrons. The smallest absolute Gasteiger partial charge is 0.290 e. The van der Waals surface area contributed by atoms with Crippen LogP contribution >= 0.6 is 0 Å². The van der Waals surface area contributed by atoms with E-state index in [0.717, 1.165) is 31.5 Å². The molecule has 1 aromatic carbocycles. The Morgan fingerprint density at radius 3 is 2.61 bits per heavy atom. The second-order valence-corrected chi connectivity index (χ2v) is 8.09. The quantitative estimate of drug-likeness (QED) is 0.438. The van der Waals surface area contributed by atoms with Gasteiger partial charge in [0.25, 0.3) is 5.91 Å². The van der Waals surface area contributed by atoms with Gasteiger partial charge in [-0.25, -0.2) is 0 Å². The number of aliphatic hydroxyl groups is 1. The summed E-state index contributed by atoms with van der Waals surface area (Å²) in [5.41, 5.74) is 0.804. The van der Waals surface area contributed by atoms with E-state index in [0.29, 0.717) is 31.2 Å². The minimum absolute atomic E-state index is 0.0731. The van der Waals surface area contributed by atoms with Crippen molar-refractivity contribution in [2.75, 3.05) is 32.8 Å². The second kappa shape index (κ2) is 10.4. The Labute approximate surface area is 193 Å². The van der Waals surface area contributed by atoms with Crippen LogP contribution in [-0.4, -0.2) is 59.4 Å². The van der Waals surface area contributed by atoms with E-state index in [4.69, 9.17) is 9.15 Å². The molecule has 4 rings (SSSR count). The van der Waals surface area contributed by atoms with Gasteiger partial charge < -0.3 is 24.1 Å². The van der Waals surface area contributed by atoms with Crippen LogP contribution in [0.5, 0.6) is 5.75 Å². The number of hydrogen-bond acceptors (Lipinski definition) is 6. The van der Waals surface area contributed by atoms with Crippen molar-refractivity contribution in [2.24, 2.45) is 0 Å². The molecule has 1 saturated heterocycles. The highest BCUT2D eigenvalue weighted by molar-refractivity contribution is 6.14. The molecule has 1 N–H and O–H groups in total. The minimum Gasteiger partial charge on any atom is -0.503 e. The maximum atomic E-state index is 13.1. The highest BCUT2D eigenvalue weighted by atomic mass is 16.5. The fourth-order valence-corrected chi connectivity index (χ4v) is 4.27. The topological polar surface area (TPSA) is 83.2 Å². The summed E-state index contributed by atoms with van der Waals surface area (Å²) in [6.07, 6.45) is 8.33. The van der Waals surface area contributed by atoms with E-state index in [9.17, 15) is 14.7 Å². The van der Waals surface area contributed by atoms with Gasteiger partial charge in [0, 0.05) is 13.1 Å². The lowest BCUT2D eigenvalue weighted by molar-refractivity contribution is -0.129. The van der Waals surface area contributed by atoms with Crippen LogP contribution in [0.1, 0.15) is 30.2 Å². The lowest BCUT2D eigenvalue weighted by Gasteiger charge is -2.28. The maximum Gasteiger partial charge on any atom is 0.290 e. The summed E-state index contributed by atoms with van der Waals surface area (Å²) < 4.78 is 10.8. The molecule has 1 unspecified atom stereocenters. The first-order chi connectivity index (χ1) is 16.1. The van der Waals surface area contributed by atoms with Gasteiger partial charge in [-0.05, 0) is 67.9 Å². The number of carbonyl (C=O) groups is 2. The molecule has 2 aliphatic rings. The molecule has 0 radical (unpaired) electrons. The molecular weight excluding hydrogens is 420 g/mol. The first-order valence-electron chi connectivity index (χ1n) is 11.1. The van der Waals surface area contributed by atoms with Gasteiger partial charge in [0.1, 0.15) is 18.1 Å². The van der Waals surface area contributed by atoms with Crippen LogP contribution in [0.15, 0.2) is 77.1 Å². The van der Waals surface area contributed by atoms with Gasteiger partial charge in [-0.3, -0.25) is 9.59 Å². The van der Waals surface area contributed by atoms with Crippen molar-refractivity contribution in [1.82, 2.24) is 9.80 Å². The fourth-order valence-electron chi connectivity index (χ4n) is 4.27. The van der Waals surface area contributed by atoms with Crippen molar-refractivity contribution in [2.45, 2.75) is 18.9 Å². The van der Waals surface area contributed by atoms with E-state index in [2.05, 4.69) is 11.5 Å². The Bertz CT molecular complexity index is 1050. The predicted octanol–water partition coefficient (Wildman–Crippen LogP) is 3.92. The average molecular weight is 449 g/mol. The summed E-state index contributed by atoms with van der Waals surface area (Å²) in [7, 11) is 0. The van der Waals surface area contributed by atoms with Gasteiger partial charge in [-0.1, -0.05) is 24.8 Å². The molecule has 33 heavy (non-hydrogen) atoms. The summed E-state index contributed by atoms with van der Waals surface area (Å²) in [6.45, 7) is 7.13. The highest BCUT2D eigenvalue weighted by Crippen LogP contribution is 2.38. The number of carbonyl (C=O) groups excluding carboxylic acids is 2. The van der Waals surface area contributed by atoms with Crippen molar-refractivity contribution >= 4 is 17.8 Å². The first-order valence-corrected chi connectivity index (χ1v) is 11.1. The molecule has 7 heteroatoms. The number of benzene rings is 1. The number of rotatable bonds is 10. The van der Waals surface area contributed by atoms with Gasteiger partial charge in [0.15, 0.2) is 11.5 Å². The zero-order chi connectivity index (χ0) is 23.2. The Balaban J connectivity index is 1.62. The molecule has 7 nitrogen and oxygen atoms in total. The number of hydrogen-bond donors (Lipinski definition) is 1. The number of furan rings is 1. The standard InChI is InChI=1S/C26H28N2O5/c1-2-17-32-21-9-7-19(8-10-21)24-23(22(29)12-11-20-6-5-18-33-20)25(30)26(31)28(24)16-15-27-13-3-4-14-27/h2,5-12,18,24,30H,1,3-4,13-17H2/b12-11+. The summed E-state index contributed by atoms with van der Waals surface area (Å²) in [5, 5.41) is 10.7. The predicted molar refractivity (Wildman–Crippen MR) is 125 cm³/mol. The van der Waals surface area contributed by atoms with E-state index in [1.807, 2.05) is 12.1 Å². The van der Waals surface area contributed by atoms with Gasteiger partial charge in [-0.15, -0.1) is 0 Å². The van der Waals surface area contributed by atoms with Crippen molar-refractivity contribution in [3.63, 3.8) is 0 Å². The SMILES string of the molecule is C=CCOc1ccc(C2C(C(=O)/C=C/c3ccco3)=C(O)C(=O)N2CCN2CCCC2)cc1. The summed E-state index contributed by atoms with van der Waals surface area (Å²) in [5.74, 6) is -0.286. The lowest BCUT2D eigenvalue weighted by Crippen LogP contribution is -2.37. The second-order valence-electron chi connectivity index (χ2n) is 8.09. The van der Waals surface area contributed by atoms with Gasteiger partial charge in [0.05, 0.1) is 17.9 Å². The molecule has 0 bridgehead atoms. The van der Waals surface area contributed by atoms with Gasteiger partial charge in [-0.2, -0.15) is 0 Å². The Kier molecular flexibility index (Phi) is 7.10. The lowest BCUT2D eigenvalue weighted by atomic mass is 9.95. The number of amides is 1. The molecular formula is C26H28N2O5. The zero-order valence-corrected chi connectivity index (χ0v) is 18.5. The maximum absolute atomic E-state index is 13.1. The molecule has 0 spiro atoms. The molecule has 1 atom stereocenters. The molecule has 3 heterocycles. The minimum atomic E-state index is -0.678. The van der Waals surface area contributed by atoms with E-state index in [-0.39, 0.29) is 5.57 Å². The van der Waals surface area contributed by atoms with E-state index < -0.39 is 23.5 Å². The van der Waals surface area contributed by atoms with Crippen LogP contribution in [0.25, 0.3) is 6.08 Å². The average Bonchev–Trinajstić information content (AvgIpc) is 3.58. The van der Waals surface area contributed by atoms with Crippen LogP contribution in [0, 0.1) is 0 Å². The fraction of sp³-hybridized carbons (Fsp3) is 0.308. The van der Waals surface area contributed by atoms with Crippen LogP contribution in [0.3, 0.4) is 0 Å². The molecule has 1 fully saturated rings. The Hall–Kier alpha value is -3.58. The molecule has 2 aromatic rings. The number of ketones is 1. The third-order valence-electron chi connectivity index (χ3n) is 5.93. The number of aliphatic hydroxyl groups excluding tert-OH is 1. The highest BCUT2D eigenvalue weighted by Gasteiger charge is 2.42. The first kappa shape index (κ1) is 22.6. The molecule has 0 aliphatic carbocycles. The van der Waals surface area contributed by atoms with Crippen molar-refractivity contribution in [1.29, 1.82) is 0 Å². The normalized spacial score (nSPS) is 19.1. The molecule has 0 saturated carbocycles. The Morgan fingerprint density at radius 2 is 1.94 bits per heavy atom. The zero-order valence-electron chi connectivity index (χ0n) is 18.5. The Morgan fingerprint density at radius 1 is 1.18 bits per heavy atom. The number of nitrogens with zero attached hydrogens (tertiary/aromatic N) is 2. The number of likely N-dealkylation sites (tertiary alicyclic amines) is 1. The summed E-state index contributed by atoms with van der Waals surface area (Å²) >= 11 is 0. The van der Waals surface area contributed by atoms with Crippen LogP contribution in [-0.2, 0) is 9.59 Å². The van der Waals surface area contributed by atoms with Crippen molar-refractivity contribution in [3.05, 3.63) is 84.0 Å². The van der Waals surface area contributed by atoms with Gasteiger partial charge in [0.2, 0.25) is 0 Å². The van der Waals surface area contributed by atoms with Crippen molar-refractivity contribution < 1.29 is 23.8 Å². The summed E-state index contributed by atoms with van der Waals surface area (Å²) in [6, 6.07) is 9.99. The van der Waals surface area contributed by atoms with Gasteiger partial charge >= 0.3 is 0 Å². The van der Waals surface area contributed by atoms with Crippen LogP contribution < -0.4 is 4.74 Å². The van der Waals surface area contributed by atoms with E-state index in [1.54, 1.807) is 35.2 Å². The third kappa shape index (κ3) is 5.09. The van der Waals surface area contributed by atoms with E-state index >= 15 is 0 Å². The van der Waals surface area contributed by atoms with Crippen LogP contribution in [0.4, 0.5) is 0 Å². The third-order valence-corrected chi connectivity index (χ3v) is 5.93. The van der Waals surface area contributed by atoms with Crippen molar-refractivity contribution in [3.8, 4) is 5.75 Å². The number of allylic oxidation sites excluding steroid dienone is 1. The molecule has 2 aliphatic heterocycles. The summed E-state index contributed by atoms with van der Waals surface area (Å²) in [4.78, 5) is 30.0. The van der Waals surface area contributed by atoms with Crippen LogP contribution in [0.2, 0.25) is 0 Å². The molecule has 1 amide bonds. The number of ether oxygens (including phenoxy) is 1. The molecule has 1 aromatic heterocycles.